The molecule has 1 aromatic rings. The molecule has 2 rings (SSSR count). The lowest BCUT2D eigenvalue weighted by molar-refractivity contribution is 0.0929. The number of carbonyl (C=O) groups excluding carboxylic acids is 1. The van der Waals surface area contributed by atoms with E-state index in [0.717, 1.165) is 37.6 Å². The molecule has 0 spiro atoms. The number of nitrogens with one attached hydrogen (secondary N) is 2. The van der Waals surface area contributed by atoms with Crippen LogP contribution in [0.4, 0.5) is 8.78 Å². The number of halogens is 2. The van der Waals surface area contributed by atoms with E-state index in [1.54, 1.807) is 0 Å². The van der Waals surface area contributed by atoms with Crippen LogP contribution in [0.25, 0.3) is 0 Å². The van der Waals surface area contributed by atoms with Crippen molar-refractivity contribution in [2.24, 2.45) is 0 Å². The van der Waals surface area contributed by atoms with Gasteiger partial charge in [0.25, 0.3) is 5.91 Å². The molecule has 1 heterocycles. The molecule has 1 saturated heterocycles. The summed E-state index contributed by atoms with van der Waals surface area (Å²) >= 11 is 0. The maximum atomic E-state index is 12.9. The molecule has 0 bridgehead atoms. The molecule has 0 aliphatic carbocycles. The van der Waals surface area contributed by atoms with Gasteiger partial charge in [-0.2, -0.15) is 0 Å². The summed E-state index contributed by atoms with van der Waals surface area (Å²) in [6.07, 6.45) is 1.87. The molecule has 1 amide bonds. The number of rotatable bonds is 2. The average Bonchev–Trinajstić information content (AvgIpc) is 2.29. The second kappa shape index (κ2) is 5.23. The van der Waals surface area contributed by atoms with Crippen LogP contribution in [-0.2, 0) is 0 Å². The van der Waals surface area contributed by atoms with Gasteiger partial charge in [-0.15, -0.1) is 0 Å². The van der Waals surface area contributed by atoms with Gasteiger partial charge < -0.3 is 10.6 Å². The molecule has 0 saturated carbocycles. The van der Waals surface area contributed by atoms with Crippen LogP contribution in [0, 0.1) is 11.6 Å². The molecule has 1 aromatic carbocycles. The third kappa shape index (κ3) is 3.23. The highest BCUT2D eigenvalue weighted by molar-refractivity contribution is 5.94. The van der Waals surface area contributed by atoms with Crippen molar-refractivity contribution >= 4 is 5.91 Å². The summed E-state index contributed by atoms with van der Waals surface area (Å²) in [5.41, 5.74) is 0.0214. The van der Waals surface area contributed by atoms with E-state index in [0.29, 0.717) is 6.54 Å². The lowest BCUT2D eigenvalue weighted by atomic mass is 10.1. The Kier molecular flexibility index (Phi) is 3.68. The summed E-state index contributed by atoms with van der Waals surface area (Å²) in [7, 11) is 0. The number of benzene rings is 1. The fraction of sp³-hybridized carbons (Fsp3) is 0.417. The van der Waals surface area contributed by atoms with Crippen molar-refractivity contribution < 1.29 is 13.6 Å². The highest BCUT2D eigenvalue weighted by atomic mass is 19.1. The normalized spacial score (nSPS) is 20.0. The number of hydrogen-bond donors (Lipinski definition) is 2. The van der Waals surface area contributed by atoms with E-state index in [-0.39, 0.29) is 11.6 Å². The Hall–Kier alpha value is -1.49. The Bertz CT molecular complexity index is 397. The van der Waals surface area contributed by atoms with E-state index in [9.17, 15) is 13.6 Å². The summed E-state index contributed by atoms with van der Waals surface area (Å²) in [5, 5.41) is 5.91. The van der Waals surface area contributed by atoms with Crippen molar-refractivity contribution in [2.75, 3.05) is 13.1 Å². The van der Waals surface area contributed by atoms with Gasteiger partial charge in [0.15, 0.2) is 0 Å². The minimum Gasteiger partial charge on any atom is -0.348 e. The quantitative estimate of drug-likeness (QED) is 0.821. The molecule has 1 aliphatic rings. The van der Waals surface area contributed by atoms with Gasteiger partial charge in [-0.3, -0.25) is 4.79 Å². The van der Waals surface area contributed by atoms with E-state index < -0.39 is 17.5 Å². The van der Waals surface area contributed by atoms with Gasteiger partial charge in [-0.1, -0.05) is 0 Å². The topological polar surface area (TPSA) is 41.1 Å². The van der Waals surface area contributed by atoms with E-state index in [4.69, 9.17) is 0 Å². The van der Waals surface area contributed by atoms with Gasteiger partial charge in [0.1, 0.15) is 11.6 Å². The standard InChI is InChI=1S/C12H14F2N2O/c13-9-4-8(5-10(14)6-9)12(17)16-11-2-1-3-15-7-11/h4-6,11,15H,1-3,7H2,(H,16,17). The molecule has 92 valence electrons. The van der Waals surface area contributed by atoms with Crippen molar-refractivity contribution in [3.63, 3.8) is 0 Å². The maximum Gasteiger partial charge on any atom is 0.251 e. The maximum absolute atomic E-state index is 12.9. The Morgan fingerprint density at radius 2 is 2.00 bits per heavy atom. The molecule has 17 heavy (non-hydrogen) atoms. The number of piperidine rings is 1. The number of carbonyl (C=O) groups is 1. The molecule has 5 heteroatoms. The Balaban J connectivity index is 2.03. The first kappa shape index (κ1) is 12.0. The van der Waals surface area contributed by atoms with Crippen LogP contribution in [0.1, 0.15) is 23.2 Å². The zero-order valence-electron chi connectivity index (χ0n) is 9.30. The number of amides is 1. The lowest BCUT2D eigenvalue weighted by Crippen LogP contribution is -2.45. The van der Waals surface area contributed by atoms with E-state index in [1.807, 2.05) is 0 Å². The zero-order chi connectivity index (χ0) is 12.3. The van der Waals surface area contributed by atoms with E-state index in [1.165, 1.54) is 0 Å². The SMILES string of the molecule is O=C(NC1CCCNC1)c1cc(F)cc(F)c1. The predicted octanol–water partition coefficient (Wildman–Crippen LogP) is 1.45. The fourth-order valence-electron chi connectivity index (χ4n) is 1.93. The van der Waals surface area contributed by atoms with Gasteiger partial charge in [0.05, 0.1) is 0 Å². The zero-order valence-corrected chi connectivity index (χ0v) is 9.30. The van der Waals surface area contributed by atoms with Crippen LogP contribution < -0.4 is 10.6 Å². The Morgan fingerprint density at radius 3 is 2.59 bits per heavy atom. The van der Waals surface area contributed by atoms with Crippen LogP contribution in [-0.4, -0.2) is 25.0 Å². The third-order valence-corrected chi connectivity index (χ3v) is 2.76. The van der Waals surface area contributed by atoms with Gasteiger partial charge in [0, 0.05) is 24.2 Å². The molecule has 0 aromatic heterocycles. The Labute approximate surface area is 98.2 Å². The molecule has 2 N–H and O–H groups in total. The van der Waals surface area contributed by atoms with Gasteiger partial charge >= 0.3 is 0 Å². The summed E-state index contributed by atoms with van der Waals surface area (Å²) < 4.78 is 25.9. The third-order valence-electron chi connectivity index (χ3n) is 2.76. The average molecular weight is 240 g/mol. The van der Waals surface area contributed by atoms with Gasteiger partial charge in [0.2, 0.25) is 0 Å². The first-order chi connectivity index (χ1) is 8.15. The van der Waals surface area contributed by atoms with Crippen molar-refractivity contribution in [3.05, 3.63) is 35.4 Å². The first-order valence-electron chi connectivity index (χ1n) is 5.63. The minimum atomic E-state index is -0.739. The second-order valence-corrected chi connectivity index (χ2v) is 4.17. The van der Waals surface area contributed by atoms with Crippen LogP contribution in [0.2, 0.25) is 0 Å². The summed E-state index contributed by atoms with van der Waals surface area (Å²) in [6.45, 7) is 1.64. The summed E-state index contributed by atoms with van der Waals surface area (Å²) in [6, 6.07) is 2.85. The first-order valence-corrected chi connectivity index (χ1v) is 5.63. The van der Waals surface area contributed by atoms with Crippen LogP contribution in [0.3, 0.4) is 0 Å². The second-order valence-electron chi connectivity index (χ2n) is 4.17. The van der Waals surface area contributed by atoms with Crippen molar-refractivity contribution in [2.45, 2.75) is 18.9 Å². The smallest absolute Gasteiger partial charge is 0.251 e. The van der Waals surface area contributed by atoms with Gasteiger partial charge in [-0.05, 0) is 31.5 Å². The minimum absolute atomic E-state index is 0.0214. The molecule has 1 aliphatic heterocycles. The molecule has 1 fully saturated rings. The monoisotopic (exact) mass is 240 g/mol. The van der Waals surface area contributed by atoms with E-state index in [2.05, 4.69) is 10.6 Å². The predicted molar refractivity (Wildman–Crippen MR) is 59.7 cm³/mol. The largest absolute Gasteiger partial charge is 0.348 e. The number of hydrogen-bond acceptors (Lipinski definition) is 2. The molecule has 1 unspecified atom stereocenters. The molecular weight excluding hydrogens is 226 g/mol. The van der Waals surface area contributed by atoms with Crippen LogP contribution in [0.15, 0.2) is 18.2 Å². The lowest BCUT2D eigenvalue weighted by Gasteiger charge is -2.23. The Morgan fingerprint density at radius 1 is 1.29 bits per heavy atom. The molecule has 3 nitrogen and oxygen atoms in total. The molecular formula is C12H14F2N2O. The molecule has 1 atom stereocenters. The highest BCUT2D eigenvalue weighted by Gasteiger charge is 2.17. The van der Waals surface area contributed by atoms with Crippen molar-refractivity contribution in [1.29, 1.82) is 0 Å². The fourth-order valence-corrected chi connectivity index (χ4v) is 1.93. The van der Waals surface area contributed by atoms with Crippen LogP contribution in [0.5, 0.6) is 0 Å². The van der Waals surface area contributed by atoms with E-state index >= 15 is 0 Å². The van der Waals surface area contributed by atoms with Crippen LogP contribution >= 0.6 is 0 Å². The van der Waals surface area contributed by atoms with Crippen molar-refractivity contribution in [1.82, 2.24) is 10.6 Å². The molecule has 0 radical (unpaired) electrons. The van der Waals surface area contributed by atoms with Gasteiger partial charge in [-0.25, -0.2) is 8.78 Å². The van der Waals surface area contributed by atoms with Crippen molar-refractivity contribution in [3.8, 4) is 0 Å². The summed E-state index contributed by atoms with van der Waals surface area (Å²) in [4.78, 5) is 11.7. The summed E-state index contributed by atoms with van der Waals surface area (Å²) in [5.74, 6) is -1.91. The highest BCUT2D eigenvalue weighted by Crippen LogP contribution is 2.09.